The predicted octanol–water partition coefficient (Wildman–Crippen LogP) is -3.99. The first-order valence-electron chi connectivity index (χ1n) is 3.13. The topological polar surface area (TPSA) is 242 Å². The second kappa shape index (κ2) is 8.55. The lowest BCUT2D eigenvalue weighted by Crippen LogP contribution is -2.48. The Labute approximate surface area is 90.0 Å². The van der Waals surface area contributed by atoms with E-state index in [2.05, 4.69) is 0 Å². The van der Waals surface area contributed by atoms with E-state index >= 15 is 0 Å². The van der Waals surface area contributed by atoms with E-state index in [4.69, 9.17) is 10.2 Å². The number of carboxylic acid groups (broad SMARTS) is 3. The summed E-state index contributed by atoms with van der Waals surface area (Å²) in [5, 5.41) is 37.2. The van der Waals surface area contributed by atoms with Gasteiger partial charge in [0.15, 0.2) is 5.60 Å². The Kier molecular flexibility index (Phi) is 12.7. The molecule has 0 bridgehead atoms. The smallest absolute Gasteiger partial charge is 0.336 e. The van der Waals surface area contributed by atoms with Crippen LogP contribution in [0.4, 0.5) is 0 Å². The van der Waals surface area contributed by atoms with Crippen LogP contribution in [0.3, 0.4) is 0 Å². The zero-order valence-corrected chi connectivity index (χ0v) is 8.85. The number of carboxylic acids is 3. The van der Waals surface area contributed by atoms with Crippen molar-refractivity contribution in [2.24, 2.45) is 0 Å². The van der Waals surface area contributed by atoms with Gasteiger partial charge in [0.1, 0.15) is 0 Å². The number of rotatable bonds is 5. The van der Waals surface area contributed by atoms with Gasteiger partial charge in [-0.3, -0.25) is 0 Å². The summed E-state index contributed by atoms with van der Waals surface area (Å²) in [6.07, 6.45) is -2.59. The highest BCUT2D eigenvalue weighted by molar-refractivity contribution is 5.87. The minimum absolute atomic E-state index is 0. The monoisotopic (exact) mass is 244 g/mol. The number of hydrogen-bond acceptors (Lipinski definition) is 6. The van der Waals surface area contributed by atoms with Crippen molar-refractivity contribution in [3.8, 4) is 0 Å². The Morgan fingerprint density at radius 1 is 1.00 bits per heavy atom. The van der Waals surface area contributed by atoms with Crippen LogP contribution in [0.5, 0.6) is 0 Å². The van der Waals surface area contributed by atoms with Gasteiger partial charge < -0.3 is 47.8 Å². The quantitative estimate of drug-likeness (QED) is 0.372. The van der Waals surface area contributed by atoms with Crippen LogP contribution in [0.25, 0.3) is 0 Å². The lowest BCUT2D eigenvalue weighted by atomic mass is 9.96. The molecule has 0 atom stereocenters. The van der Waals surface area contributed by atoms with Crippen molar-refractivity contribution in [1.82, 2.24) is 12.3 Å². The first-order chi connectivity index (χ1) is 5.78. The summed E-state index contributed by atoms with van der Waals surface area (Å²) in [7, 11) is 0. The fourth-order valence-corrected chi connectivity index (χ4v) is 0.691. The summed E-state index contributed by atoms with van der Waals surface area (Å²) < 4.78 is 0. The molecule has 0 spiro atoms. The Balaban J connectivity index is -0.000000240. The molecule has 0 radical (unpaired) electrons. The third-order valence-corrected chi connectivity index (χ3v) is 1.27. The average molecular weight is 244 g/mol. The molecule has 98 valence electrons. The number of aliphatic carboxylic acids is 3. The van der Waals surface area contributed by atoms with Crippen LogP contribution in [0, 0.1) is 0 Å². The van der Waals surface area contributed by atoms with Gasteiger partial charge >= 0.3 is 5.97 Å². The minimum Gasteiger partial charge on any atom is -0.550 e. The van der Waals surface area contributed by atoms with Crippen LogP contribution >= 0.6 is 0 Å². The normalized spacial score (nSPS) is 8.81. The molecule has 0 amide bonds. The van der Waals surface area contributed by atoms with Crippen molar-refractivity contribution in [1.29, 1.82) is 0 Å². The predicted molar refractivity (Wildman–Crippen MR) is 47.4 cm³/mol. The molecule has 0 aromatic heterocycles. The largest absolute Gasteiger partial charge is 0.550 e. The summed E-state index contributed by atoms with van der Waals surface area (Å²) >= 11 is 0. The first-order valence-corrected chi connectivity index (χ1v) is 3.13. The van der Waals surface area contributed by atoms with Crippen LogP contribution in [-0.4, -0.2) is 39.2 Å². The Bertz CT molecular complexity index is 237. The highest BCUT2D eigenvalue weighted by Gasteiger charge is 2.36. The lowest BCUT2D eigenvalue weighted by molar-refractivity contribution is -0.314. The van der Waals surface area contributed by atoms with E-state index in [9.17, 15) is 24.6 Å². The van der Waals surface area contributed by atoms with Crippen LogP contribution in [-0.2, 0) is 14.4 Å². The first kappa shape index (κ1) is 23.8. The van der Waals surface area contributed by atoms with Crippen LogP contribution < -0.4 is 22.5 Å². The van der Waals surface area contributed by atoms with E-state index in [1.54, 1.807) is 0 Å². The third-order valence-electron chi connectivity index (χ3n) is 1.27. The molecular formula is C6H16N2O8. The lowest BCUT2D eigenvalue weighted by Gasteiger charge is -2.23. The Morgan fingerprint density at radius 3 is 1.38 bits per heavy atom. The summed E-state index contributed by atoms with van der Waals surface area (Å²) in [5.41, 5.74) is -2.86. The summed E-state index contributed by atoms with van der Waals surface area (Å²) in [5.74, 6) is -5.65. The van der Waals surface area contributed by atoms with Crippen molar-refractivity contribution in [3.05, 3.63) is 0 Å². The third kappa shape index (κ3) is 7.64. The highest BCUT2D eigenvalue weighted by atomic mass is 16.4. The van der Waals surface area contributed by atoms with Crippen molar-refractivity contribution in [3.63, 3.8) is 0 Å². The molecule has 0 saturated carbocycles. The molecule has 0 aliphatic heterocycles. The van der Waals surface area contributed by atoms with Crippen molar-refractivity contribution in [2.75, 3.05) is 0 Å². The van der Waals surface area contributed by atoms with Crippen LogP contribution in [0.2, 0.25) is 0 Å². The Morgan fingerprint density at radius 2 is 1.25 bits per heavy atom. The fourth-order valence-electron chi connectivity index (χ4n) is 0.691. The molecule has 0 aromatic carbocycles. The van der Waals surface area contributed by atoms with E-state index in [0.717, 1.165) is 0 Å². The average Bonchev–Trinajstić information content (AvgIpc) is 1.82. The molecule has 10 nitrogen and oxygen atoms in total. The highest BCUT2D eigenvalue weighted by Crippen LogP contribution is 2.14. The zero-order chi connectivity index (χ0) is 10.6. The number of quaternary nitrogens is 2. The van der Waals surface area contributed by atoms with Gasteiger partial charge in [-0.2, -0.15) is 0 Å². The Hall–Kier alpha value is -1.75. The molecule has 12 N–H and O–H groups in total. The van der Waals surface area contributed by atoms with Crippen molar-refractivity contribution < 1.29 is 40.3 Å². The van der Waals surface area contributed by atoms with E-state index in [1.165, 1.54) is 0 Å². The molecule has 0 unspecified atom stereocenters. The second-order valence-corrected chi connectivity index (χ2v) is 2.43. The van der Waals surface area contributed by atoms with E-state index < -0.39 is 36.4 Å². The molecule has 10 heteroatoms. The van der Waals surface area contributed by atoms with Gasteiger partial charge in [0.05, 0.1) is 0 Å². The zero-order valence-electron chi connectivity index (χ0n) is 8.85. The van der Waals surface area contributed by atoms with Gasteiger partial charge in [0, 0.05) is 24.8 Å². The van der Waals surface area contributed by atoms with Gasteiger partial charge in [-0.1, -0.05) is 0 Å². The maximum Gasteiger partial charge on any atom is 0.336 e. The van der Waals surface area contributed by atoms with Crippen LogP contribution in [0.15, 0.2) is 0 Å². The molecular weight excluding hydrogens is 228 g/mol. The van der Waals surface area contributed by atoms with Crippen LogP contribution in [0.1, 0.15) is 12.8 Å². The summed E-state index contributed by atoms with van der Waals surface area (Å²) in [4.78, 5) is 30.2. The van der Waals surface area contributed by atoms with Gasteiger partial charge in [0.25, 0.3) is 0 Å². The number of carbonyl (C=O) groups is 3. The molecule has 16 heavy (non-hydrogen) atoms. The van der Waals surface area contributed by atoms with Crippen molar-refractivity contribution >= 4 is 17.9 Å². The SMILES string of the molecule is O.O=C([O-])CC(O)(CC(=O)[O-])C(=O)O.[NH4+].[NH4+]. The maximum atomic E-state index is 10.3. The molecule has 0 heterocycles. The standard InChI is InChI=1S/C6H8O7.2H3N.H2O/c7-3(8)1-6(13,5(11)12)2-4(9)10;;;/h13H,1-2H2,(H,7,8)(H,9,10)(H,11,12);2*1H3;1H2. The van der Waals surface area contributed by atoms with E-state index in [-0.39, 0.29) is 17.8 Å². The molecule has 0 rings (SSSR count). The van der Waals surface area contributed by atoms with Gasteiger partial charge in [0.2, 0.25) is 0 Å². The molecule has 0 fully saturated rings. The minimum atomic E-state index is -2.86. The van der Waals surface area contributed by atoms with Crippen molar-refractivity contribution in [2.45, 2.75) is 18.4 Å². The number of carbonyl (C=O) groups excluding carboxylic acids is 2. The molecule has 0 saturated heterocycles. The molecule has 0 aliphatic carbocycles. The van der Waals surface area contributed by atoms with Gasteiger partial charge in [-0.05, 0) is 0 Å². The summed E-state index contributed by atoms with van der Waals surface area (Å²) in [6, 6.07) is 0. The number of aliphatic hydroxyl groups is 1. The summed E-state index contributed by atoms with van der Waals surface area (Å²) in [6.45, 7) is 0. The maximum absolute atomic E-state index is 10.3. The van der Waals surface area contributed by atoms with E-state index in [1.807, 2.05) is 0 Å². The van der Waals surface area contributed by atoms with Gasteiger partial charge in [-0.25, -0.2) is 4.79 Å². The van der Waals surface area contributed by atoms with Gasteiger partial charge in [-0.15, -0.1) is 0 Å². The number of hydrogen-bond donors (Lipinski definition) is 4. The van der Waals surface area contributed by atoms with E-state index in [0.29, 0.717) is 0 Å². The molecule has 0 aromatic rings. The second-order valence-electron chi connectivity index (χ2n) is 2.43. The molecule has 0 aliphatic rings. The fraction of sp³-hybridized carbons (Fsp3) is 0.500.